The maximum Gasteiger partial charge on any atom is 0.254 e. The van der Waals surface area contributed by atoms with Gasteiger partial charge >= 0.3 is 0 Å². The highest BCUT2D eigenvalue weighted by atomic mass is 16.3. The minimum absolute atomic E-state index is 0.0314. The van der Waals surface area contributed by atoms with Crippen molar-refractivity contribution in [1.29, 1.82) is 0 Å². The first-order chi connectivity index (χ1) is 12.7. The van der Waals surface area contributed by atoms with E-state index in [-0.39, 0.29) is 37.1 Å². The third-order valence-corrected chi connectivity index (χ3v) is 5.55. The Morgan fingerprint density at radius 1 is 0.846 bits per heavy atom. The Balaban J connectivity index is 1.79. The zero-order valence-corrected chi connectivity index (χ0v) is 15.1. The van der Waals surface area contributed by atoms with Gasteiger partial charge in [0.25, 0.3) is 11.8 Å². The first-order valence-corrected chi connectivity index (χ1v) is 9.59. The average Bonchev–Trinajstić information content (AvgIpc) is 2.72. The number of nitrogens with zero attached hydrogens (tertiary/aromatic N) is 2. The predicted octanol–water partition coefficient (Wildman–Crippen LogP) is 1.66. The Hall–Kier alpha value is -1.92. The van der Waals surface area contributed by atoms with Crippen LogP contribution in [-0.2, 0) is 0 Å². The lowest BCUT2D eigenvalue weighted by molar-refractivity contribution is 0.0498. The van der Waals surface area contributed by atoms with Crippen molar-refractivity contribution in [2.45, 2.75) is 50.6 Å². The van der Waals surface area contributed by atoms with Gasteiger partial charge in [0.15, 0.2) is 0 Å². The summed E-state index contributed by atoms with van der Waals surface area (Å²) in [6.07, 6.45) is 5.54. The molecule has 142 valence electrons. The molecule has 0 spiro atoms. The molecule has 26 heavy (non-hydrogen) atoms. The number of aliphatic hydroxyl groups is 2. The molecule has 6 nitrogen and oxygen atoms in total. The van der Waals surface area contributed by atoms with E-state index in [0.29, 0.717) is 24.2 Å². The highest BCUT2D eigenvalue weighted by Crippen LogP contribution is 2.22. The summed E-state index contributed by atoms with van der Waals surface area (Å²) in [5.41, 5.74) is 0.961. The monoisotopic (exact) mass is 360 g/mol. The molecule has 2 aliphatic heterocycles. The SMILES string of the molecule is O=C(c1cccc(C(=O)N2CCCC[C@@H]2CO)c1)N1CCCC[C@H]1CO. The Bertz CT molecular complexity index is 597. The Kier molecular flexibility index (Phi) is 6.27. The number of carbonyl (C=O) groups excluding carboxylic acids is 2. The minimum Gasteiger partial charge on any atom is -0.394 e. The third kappa shape index (κ3) is 3.91. The Morgan fingerprint density at radius 2 is 1.31 bits per heavy atom. The molecule has 2 heterocycles. The maximum atomic E-state index is 12.9. The fourth-order valence-corrected chi connectivity index (χ4v) is 4.03. The van der Waals surface area contributed by atoms with Gasteiger partial charge in [0, 0.05) is 24.2 Å². The van der Waals surface area contributed by atoms with E-state index < -0.39 is 0 Å². The number of hydrogen-bond donors (Lipinski definition) is 2. The van der Waals surface area contributed by atoms with Crippen LogP contribution in [0.25, 0.3) is 0 Å². The van der Waals surface area contributed by atoms with Crippen molar-refractivity contribution in [3.63, 3.8) is 0 Å². The van der Waals surface area contributed by atoms with Crippen LogP contribution in [0.4, 0.5) is 0 Å². The van der Waals surface area contributed by atoms with Crippen LogP contribution in [0.1, 0.15) is 59.2 Å². The smallest absolute Gasteiger partial charge is 0.254 e. The molecule has 3 rings (SSSR count). The van der Waals surface area contributed by atoms with Crippen molar-refractivity contribution in [3.05, 3.63) is 35.4 Å². The average molecular weight is 360 g/mol. The predicted molar refractivity (Wildman–Crippen MR) is 98.0 cm³/mol. The van der Waals surface area contributed by atoms with Gasteiger partial charge < -0.3 is 20.0 Å². The van der Waals surface area contributed by atoms with Gasteiger partial charge in [-0.15, -0.1) is 0 Å². The van der Waals surface area contributed by atoms with Crippen LogP contribution in [0.5, 0.6) is 0 Å². The number of carbonyl (C=O) groups is 2. The molecular weight excluding hydrogens is 332 g/mol. The molecule has 0 unspecified atom stereocenters. The summed E-state index contributed by atoms with van der Waals surface area (Å²) < 4.78 is 0. The summed E-state index contributed by atoms with van der Waals surface area (Å²) in [7, 11) is 0. The number of likely N-dealkylation sites (tertiary alicyclic amines) is 2. The molecule has 1 aromatic rings. The Morgan fingerprint density at radius 3 is 1.73 bits per heavy atom. The molecule has 0 saturated carbocycles. The zero-order valence-electron chi connectivity index (χ0n) is 15.1. The van der Waals surface area contributed by atoms with E-state index in [9.17, 15) is 19.8 Å². The fourth-order valence-electron chi connectivity index (χ4n) is 4.03. The van der Waals surface area contributed by atoms with Gasteiger partial charge in [-0.2, -0.15) is 0 Å². The second kappa shape index (κ2) is 8.64. The lowest BCUT2D eigenvalue weighted by Crippen LogP contribution is -2.46. The van der Waals surface area contributed by atoms with Gasteiger partial charge in [-0.05, 0) is 56.7 Å². The third-order valence-electron chi connectivity index (χ3n) is 5.55. The molecule has 2 N–H and O–H groups in total. The summed E-state index contributed by atoms with van der Waals surface area (Å²) >= 11 is 0. The number of piperidine rings is 2. The normalized spacial score (nSPS) is 23.8. The van der Waals surface area contributed by atoms with Crippen LogP contribution in [0.3, 0.4) is 0 Å². The van der Waals surface area contributed by atoms with Crippen molar-refractivity contribution in [2.24, 2.45) is 0 Å². The minimum atomic E-state index is -0.142. The van der Waals surface area contributed by atoms with Gasteiger partial charge in [0.05, 0.1) is 25.3 Å². The first kappa shape index (κ1) is 18.9. The quantitative estimate of drug-likeness (QED) is 0.856. The van der Waals surface area contributed by atoms with Crippen LogP contribution in [0.15, 0.2) is 24.3 Å². The summed E-state index contributed by atoms with van der Waals surface area (Å²) in [4.78, 5) is 29.2. The van der Waals surface area contributed by atoms with E-state index in [1.54, 1.807) is 34.1 Å². The lowest BCUT2D eigenvalue weighted by atomic mass is 9.99. The summed E-state index contributed by atoms with van der Waals surface area (Å²) in [6, 6.07) is 6.55. The molecule has 1 aromatic carbocycles. The van der Waals surface area contributed by atoms with E-state index >= 15 is 0 Å². The molecule has 6 heteroatoms. The van der Waals surface area contributed by atoms with Crippen LogP contribution in [-0.4, -0.2) is 70.2 Å². The van der Waals surface area contributed by atoms with E-state index in [1.807, 2.05) is 0 Å². The van der Waals surface area contributed by atoms with Crippen molar-refractivity contribution >= 4 is 11.8 Å². The van der Waals surface area contributed by atoms with Crippen molar-refractivity contribution in [3.8, 4) is 0 Å². The van der Waals surface area contributed by atoms with Gasteiger partial charge in [0.2, 0.25) is 0 Å². The van der Waals surface area contributed by atoms with Crippen molar-refractivity contribution in [1.82, 2.24) is 9.80 Å². The fraction of sp³-hybridized carbons (Fsp3) is 0.600. The molecule has 2 aliphatic rings. The van der Waals surface area contributed by atoms with Gasteiger partial charge in [-0.25, -0.2) is 0 Å². The summed E-state index contributed by atoms with van der Waals surface area (Å²) in [6.45, 7) is 1.22. The number of amides is 2. The topological polar surface area (TPSA) is 81.1 Å². The van der Waals surface area contributed by atoms with Crippen molar-refractivity contribution in [2.75, 3.05) is 26.3 Å². The van der Waals surface area contributed by atoms with E-state index in [1.165, 1.54) is 0 Å². The first-order valence-electron chi connectivity index (χ1n) is 9.59. The van der Waals surface area contributed by atoms with E-state index in [4.69, 9.17) is 0 Å². The molecule has 0 bridgehead atoms. The number of rotatable bonds is 4. The molecule has 0 aliphatic carbocycles. The molecule has 2 amide bonds. The molecule has 0 aromatic heterocycles. The second-order valence-electron chi connectivity index (χ2n) is 7.24. The van der Waals surface area contributed by atoms with Crippen LogP contribution in [0.2, 0.25) is 0 Å². The van der Waals surface area contributed by atoms with Gasteiger partial charge in [-0.3, -0.25) is 9.59 Å². The molecular formula is C20H28N2O4. The Labute approximate surface area is 154 Å². The summed E-state index contributed by atoms with van der Waals surface area (Å²) in [5, 5.41) is 19.1. The highest BCUT2D eigenvalue weighted by Gasteiger charge is 2.29. The van der Waals surface area contributed by atoms with Gasteiger partial charge in [-0.1, -0.05) is 6.07 Å². The molecule has 0 radical (unpaired) electrons. The number of hydrogen-bond acceptors (Lipinski definition) is 4. The van der Waals surface area contributed by atoms with Crippen LogP contribution in [0, 0.1) is 0 Å². The maximum absolute atomic E-state index is 12.9. The van der Waals surface area contributed by atoms with Crippen LogP contribution < -0.4 is 0 Å². The molecule has 2 atom stereocenters. The zero-order chi connectivity index (χ0) is 18.5. The van der Waals surface area contributed by atoms with Crippen LogP contribution >= 0.6 is 0 Å². The second-order valence-corrected chi connectivity index (χ2v) is 7.24. The lowest BCUT2D eigenvalue weighted by Gasteiger charge is -2.35. The van der Waals surface area contributed by atoms with E-state index in [0.717, 1.165) is 38.5 Å². The summed E-state index contributed by atoms with van der Waals surface area (Å²) in [5.74, 6) is -0.258. The van der Waals surface area contributed by atoms with Gasteiger partial charge in [0.1, 0.15) is 0 Å². The van der Waals surface area contributed by atoms with Crippen molar-refractivity contribution < 1.29 is 19.8 Å². The number of benzene rings is 1. The molecule has 2 saturated heterocycles. The standard InChI is InChI=1S/C20H28N2O4/c23-13-17-8-1-3-10-21(17)19(25)15-6-5-7-16(12-15)20(26)22-11-4-2-9-18(22)14-24/h5-7,12,17-18,23-24H,1-4,8-11,13-14H2/t17-,18+. The largest absolute Gasteiger partial charge is 0.394 e. The molecule has 2 fully saturated rings. The number of aliphatic hydroxyl groups excluding tert-OH is 2. The van der Waals surface area contributed by atoms with E-state index in [2.05, 4.69) is 0 Å². The highest BCUT2D eigenvalue weighted by molar-refractivity contribution is 6.00.